The molecule has 0 amide bonds. The van der Waals surface area contributed by atoms with Crippen molar-refractivity contribution < 1.29 is 0 Å². The van der Waals surface area contributed by atoms with Gasteiger partial charge in [0.1, 0.15) is 5.69 Å². The van der Waals surface area contributed by atoms with E-state index in [0.29, 0.717) is 5.69 Å². The van der Waals surface area contributed by atoms with Crippen LogP contribution >= 0.6 is 0 Å². The van der Waals surface area contributed by atoms with Crippen LogP contribution in [0.3, 0.4) is 0 Å². The molecular weight excluding hydrogens is 226 g/mol. The van der Waals surface area contributed by atoms with Crippen LogP contribution in [-0.4, -0.2) is 15.0 Å². The summed E-state index contributed by atoms with van der Waals surface area (Å²) in [6, 6.07) is 9.63. The fourth-order valence-electron chi connectivity index (χ4n) is 2.05. The van der Waals surface area contributed by atoms with Gasteiger partial charge in [-0.05, 0) is 19.1 Å². The van der Waals surface area contributed by atoms with Crippen LogP contribution in [-0.2, 0) is 0 Å². The van der Waals surface area contributed by atoms with E-state index < -0.39 is 0 Å². The van der Waals surface area contributed by atoms with E-state index in [1.54, 1.807) is 6.20 Å². The Kier molecular flexibility index (Phi) is 2.41. The number of nitrogens with zero attached hydrogens (tertiary/aromatic N) is 2. The lowest BCUT2D eigenvalue weighted by Gasteiger charge is -2.06. The Morgan fingerprint density at radius 1 is 1.22 bits per heavy atom. The second kappa shape index (κ2) is 4.07. The van der Waals surface area contributed by atoms with Gasteiger partial charge in [-0.1, -0.05) is 18.2 Å². The molecule has 2 heterocycles. The van der Waals surface area contributed by atoms with Gasteiger partial charge in [0.15, 0.2) is 0 Å². The monoisotopic (exact) mass is 237 g/mol. The molecule has 1 aromatic carbocycles. The minimum absolute atomic E-state index is 0.187. The van der Waals surface area contributed by atoms with Gasteiger partial charge < -0.3 is 4.98 Å². The lowest BCUT2D eigenvalue weighted by atomic mass is 10.1. The molecule has 0 atom stereocenters. The summed E-state index contributed by atoms with van der Waals surface area (Å²) in [5.74, 6) is 0. The maximum Gasteiger partial charge on any atom is 0.274 e. The number of aromatic amines is 1. The Morgan fingerprint density at radius 3 is 2.89 bits per heavy atom. The standard InChI is InChI=1S/C14H11N3O/c1-9-8-11(13-14(18)16-7-6-15-13)10-4-2-3-5-12(10)17-9/h2-8H,1H3,(H,16,18). The molecule has 0 spiro atoms. The first kappa shape index (κ1) is 10.7. The molecule has 4 nitrogen and oxygen atoms in total. The van der Waals surface area contributed by atoms with Crippen LogP contribution in [0.2, 0.25) is 0 Å². The summed E-state index contributed by atoms with van der Waals surface area (Å²) in [5, 5.41) is 0.937. The summed E-state index contributed by atoms with van der Waals surface area (Å²) < 4.78 is 0. The minimum atomic E-state index is -0.187. The van der Waals surface area contributed by atoms with E-state index in [0.717, 1.165) is 22.2 Å². The van der Waals surface area contributed by atoms with Gasteiger partial charge >= 0.3 is 0 Å². The van der Waals surface area contributed by atoms with Crippen LogP contribution in [0.4, 0.5) is 0 Å². The molecule has 88 valence electrons. The molecule has 2 aromatic heterocycles. The molecule has 0 radical (unpaired) electrons. The molecule has 18 heavy (non-hydrogen) atoms. The number of aryl methyl sites for hydroxylation is 1. The first-order chi connectivity index (χ1) is 8.75. The number of pyridine rings is 1. The summed E-state index contributed by atoms with van der Waals surface area (Å²) in [7, 11) is 0. The topological polar surface area (TPSA) is 58.6 Å². The Labute approximate surface area is 103 Å². The number of H-pyrrole nitrogens is 1. The molecule has 0 aliphatic carbocycles. The van der Waals surface area contributed by atoms with E-state index in [2.05, 4.69) is 15.0 Å². The van der Waals surface area contributed by atoms with E-state index in [1.807, 2.05) is 37.3 Å². The minimum Gasteiger partial charge on any atom is -0.326 e. The lowest BCUT2D eigenvalue weighted by Crippen LogP contribution is -2.10. The number of hydrogen-bond acceptors (Lipinski definition) is 3. The average Bonchev–Trinajstić information content (AvgIpc) is 2.38. The zero-order chi connectivity index (χ0) is 12.5. The highest BCUT2D eigenvalue weighted by molar-refractivity contribution is 5.93. The number of fused-ring (bicyclic) bond motifs is 1. The normalized spacial score (nSPS) is 10.7. The number of rotatable bonds is 1. The highest BCUT2D eigenvalue weighted by Crippen LogP contribution is 2.24. The smallest absolute Gasteiger partial charge is 0.274 e. The molecule has 3 rings (SSSR count). The van der Waals surface area contributed by atoms with Crippen molar-refractivity contribution in [3.8, 4) is 11.3 Å². The van der Waals surface area contributed by atoms with Gasteiger partial charge in [0.25, 0.3) is 5.56 Å². The molecule has 0 bridgehead atoms. The van der Waals surface area contributed by atoms with Gasteiger partial charge in [-0.15, -0.1) is 0 Å². The van der Waals surface area contributed by atoms with E-state index in [-0.39, 0.29) is 5.56 Å². The van der Waals surface area contributed by atoms with Crippen LogP contribution in [0.25, 0.3) is 22.2 Å². The van der Waals surface area contributed by atoms with Crippen molar-refractivity contribution in [1.82, 2.24) is 15.0 Å². The van der Waals surface area contributed by atoms with Crippen LogP contribution in [0.15, 0.2) is 47.5 Å². The van der Waals surface area contributed by atoms with Crippen molar-refractivity contribution in [2.24, 2.45) is 0 Å². The quantitative estimate of drug-likeness (QED) is 0.706. The van der Waals surface area contributed by atoms with E-state index in [4.69, 9.17) is 0 Å². The summed E-state index contributed by atoms with van der Waals surface area (Å²) in [4.78, 5) is 23.1. The van der Waals surface area contributed by atoms with Gasteiger partial charge in [-0.2, -0.15) is 0 Å². The fourth-order valence-corrected chi connectivity index (χ4v) is 2.05. The lowest BCUT2D eigenvalue weighted by molar-refractivity contribution is 1.14. The second-order valence-electron chi connectivity index (χ2n) is 4.10. The van der Waals surface area contributed by atoms with Crippen molar-refractivity contribution in [2.75, 3.05) is 0 Å². The van der Waals surface area contributed by atoms with Gasteiger partial charge in [0.2, 0.25) is 0 Å². The average molecular weight is 237 g/mol. The van der Waals surface area contributed by atoms with E-state index >= 15 is 0 Å². The first-order valence-electron chi connectivity index (χ1n) is 5.66. The molecular formula is C14H11N3O. The molecule has 0 aliphatic heterocycles. The largest absolute Gasteiger partial charge is 0.326 e. The molecule has 0 saturated carbocycles. The Balaban J connectivity index is 2.42. The summed E-state index contributed by atoms with van der Waals surface area (Å²) in [6.45, 7) is 1.91. The van der Waals surface area contributed by atoms with Gasteiger partial charge in [-0.25, -0.2) is 4.98 Å². The summed E-state index contributed by atoms with van der Waals surface area (Å²) in [5.41, 5.74) is 2.80. The van der Waals surface area contributed by atoms with E-state index in [1.165, 1.54) is 6.20 Å². The molecule has 0 fully saturated rings. The number of benzene rings is 1. The fraction of sp³-hybridized carbons (Fsp3) is 0.0714. The third kappa shape index (κ3) is 1.68. The van der Waals surface area contributed by atoms with Crippen LogP contribution in [0.1, 0.15) is 5.69 Å². The molecule has 3 aromatic rings. The maximum atomic E-state index is 11.8. The number of hydrogen-bond donors (Lipinski definition) is 1. The van der Waals surface area contributed by atoms with Gasteiger partial charge in [0, 0.05) is 29.0 Å². The zero-order valence-electron chi connectivity index (χ0n) is 9.84. The van der Waals surface area contributed by atoms with Crippen LogP contribution < -0.4 is 5.56 Å². The molecule has 0 aliphatic rings. The van der Waals surface area contributed by atoms with Gasteiger partial charge in [0.05, 0.1) is 5.52 Å². The van der Waals surface area contributed by atoms with Crippen molar-refractivity contribution in [2.45, 2.75) is 6.92 Å². The third-order valence-corrected chi connectivity index (χ3v) is 2.81. The molecule has 1 N–H and O–H groups in total. The number of para-hydroxylation sites is 1. The van der Waals surface area contributed by atoms with Crippen LogP contribution in [0.5, 0.6) is 0 Å². The van der Waals surface area contributed by atoms with Crippen molar-refractivity contribution in [1.29, 1.82) is 0 Å². The highest BCUT2D eigenvalue weighted by Gasteiger charge is 2.09. The Morgan fingerprint density at radius 2 is 2.06 bits per heavy atom. The molecule has 0 unspecified atom stereocenters. The summed E-state index contributed by atoms with van der Waals surface area (Å²) in [6.07, 6.45) is 3.11. The van der Waals surface area contributed by atoms with Crippen molar-refractivity contribution in [3.63, 3.8) is 0 Å². The molecule has 4 heteroatoms. The summed E-state index contributed by atoms with van der Waals surface area (Å²) >= 11 is 0. The number of aromatic nitrogens is 3. The Bertz CT molecular complexity index is 777. The predicted molar refractivity (Wildman–Crippen MR) is 70.3 cm³/mol. The third-order valence-electron chi connectivity index (χ3n) is 2.81. The van der Waals surface area contributed by atoms with Crippen molar-refractivity contribution in [3.05, 3.63) is 58.8 Å². The maximum absolute atomic E-state index is 11.8. The van der Waals surface area contributed by atoms with E-state index in [9.17, 15) is 4.79 Å². The number of nitrogens with one attached hydrogen (secondary N) is 1. The molecule has 0 saturated heterocycles. The van der Waals surface area contributed by atoms with Gasteiger partial charge in [-0.3, -0.25) is 9.78 Å². The highest BCUT2D eigenvalue weighted by atomic mass is 16.1. The van der Waals surface area contributed by atoms with Crippen LogP contribution in [0, 0.1) is 6.92 Å². The van der Waals surface area contributed by atoms with Crippen molar-refractivity contribution >= 4 is 10.9 Å². The predicted octanol–water partition coefficient (Wildman–Crippen LogP) is 2.29. The SMILES string of the molecule is Cc1cc(-c2ncc[nH]c2=O)c2ccccc2n1. The first-order valence-corrected chi connectivity index (χ1v) is 5.66. The Hall–Kier alpha value is -2.49. The zero-order valence-corrected chi connectivity index (χ0v) is 9.84. The second-order valence-corrected chi connectivity index (χ2v) is 4.10.